The Morgan fingerprint density at radius 3 is 2.79 bits per heavy atom. The quantitative estimate of drug-likeness (QED) is 0.792. The summed E-state index contributed by atoms with van der Waals surface area (Å²) in [6.07, 6.45) is 6.72. The third-order valence-electron chi connectivity index (χ3n) is 6.67. The number of amides is 2. The minimum Gasteiger partial charge on any atom is -0.469 e. The molecule has 152 valence electrons. The van der Waals surface area contributed by atoms with Crippen molar-refractivity contribution >= 4 is 17.7 Å². The highest BCUT2D eigenvalue weighted by Crippen LogP contribution is 2.33. The summed E-state index contributed by atoms with van der Waals surface area (Å²) in [5.74, 6) is 0.465. The Hall–Kier alpha value is -2.08. The lowest BCUT2D eigenvalue weighted by atomic mass is 9.83. The summed E-state index contributed by atoms with van der Waals surface area (Å²) in [4.78, 5) is 28.5. The second-order valence-electron chi connectivity index (χ2n) is 8.30. The minimum absolute atomic E-state index is 0.117. The van der Waals surface area contributed by atoms with Crippen LogP contribution in [0.5, 0.6) is 0 Å². The molecule has 2 fully saturated rings. The van der Waals surface area contributed by atoms with E-state index in [4.69, 9.17) is 4.74 Å². The monoisotopic (exact) mass is 385 g/mol. The smallest absolute Gasteiger partial charge is 0.324 e. The summed E-state index contributed by atoms with van der Waals surface area (Å²) in [6, 6.07) is 6.97. The van der Waals surface area contributed by atoms with Gasteiger partial charge in [-0.05, 0) is 74.2 Å². The maximum absolute atomic E-state index is 13.1. The Balaban J connectivity index is 1.33. The minimum atomic E-state index is -0.117. The van der Waals surface area contributed by atoms with E-state index in [2.05, 4.69) is 28.4 Å². The number of hydrogen-bond acceptors (Lipinski definition) is 4. The number of hydrogen-bond donors (Lipinski definition) is 1. The number of methoxy groups -OCH3 is 1. The van der Waals surface area contributed by atoms with Crippen molar-refractivity contribution in [2.75, 3.05) is 31.6 Å². The van der Waals surface area contributed by atoms with Crippen molar-refractivity contribution in [3.63, 3.8) is 0 Å². The van der Waals surface area contributed by atoms with E-state index in [0.29, 0.717) is 18.4 Å². The van der Waals surface area contributed by atoms with Gasteiger partial charge in [0.15, 0.2) is 0 Å². The highest BCUT2D eigenvalue weighted by Gasteiger charge is 2.36. The van der Waals surface area contributed by atoms with Gasteiger partial charge in [0.1, 0.15) is 0 Å². The second kappa shape index (κ2) is 8.52. The maximum Gasteiger partial charge on any atom is 0.324 e. The summed E-state index contributed by atoms with van der Waals surface area (Å²) in [7, 11) is 1.45. The number of carbonyl (C=O) groups is 2. The number of nitrogens with one attached hydrogen (secondary N) is 1. The number of urea groups is 1. The summed E-state index contributed by atoms with van der Waals surface area (Å²) in [5, 5.41) is 3.40. The normalized spacial score (nSPS) is 25.0. The van der Waals surface area contributed by atoms with Crippen molar-refractivity contribution in [1.29, 1.82) is 0 Å². The SMILES string of the molecule is COC(=O)CCC1CCC(N2CCN(c3ccc4c(c3)CCNC4)C2=O)CC1. The number of carbonyl (C=O) groups excluding carboxylic acids is 2. The van der Waals surface area contributed by atoms with Crippen molar-refractivity contribution in [3.05, 3.63) is 29.3 Å². The molecule has 0 spiro atoms. The average Bonchev–Trinajstić information content (AvgIpc) is 3.13. The molecule has 0 bridgehead atoms. The van der Waals surface area contributed by atoms with Crippen LogP contribution in [-0.4, -0.2) is 49.7 Å². The predicted octanol–water partition coefficient (Wildman–Crippen LogP) is 3.09. The molecular weight excluding hydrogens is 354 g/mol. The largest absolute Gasteiger partial charge is 0.469 e. The standard InChI is InChI=1S/C22H31N3O3/c1-28-21(26)9-4-16-2-6-19(7-3-16)24-12-13-25(22(24)27)20-8-5-18-15-23-11-10-17(18)14-20/h5,8,14,16,19,23H,2-4,6-7,9-13,15H2,1H3. The van der Waals surface area contributed by atoms with Gasteiger partial charge in [0.2, 0.25) is 0 Å². The Labute approximate surface area is 167 Å². The van der Waals surface area contributed by atoms with Crippen LogP contribution >= 0.6 is 0 Å². The summed E-state index contributed by atoms with van der Waals surface area (Å²) in [5.41, 5.74) is 3.76. The first-order chi connectivity index (χ1) is 13.7. The molecule has 1 saturated heterocycles. The number of anilines is 1. The van der Waals surface area contributed by atoms with Crippen molar-refractivity contribution in [1.82, 2.24) is 10.2 Å². The molecule has 2 amide bonds. The number of ether oxygens (including phenoxy) is 1. The predicted molar refractivity (Wildman–Crippen MR) is 108 cm³/mol. The van der Waals surface area contributed by atoms with Crippen LogP contribution in [0.2, 0.25) is 0 Å². The zero-order valence-corrected chi connectivity index (χ0v) is 16.8. The molecule has 1 aliphatic carbocycles. The number of esters is 1. The molecule has 1 aromatic rings. The van der Waals surface area contributed by atoms with E-state index in [9.17, 15) is 9.59 Å². The first-order valence-corrected chi connectivity index (χ1v) is 10.6. The van der Waals surface area contributed by atoms with Crippen molar-refractivity contribution in [2.24, 2.45) is 5.92 Å². The van der Waals surface area contributed by atoms with Gasteiger partial charge in [-0.15, -0.1) is 0 Å². The van der Waals surface area contributed by atoms with Gasteiger partial charge in [-0.3, -0.25) is 9.69 Å². The van der Waals surface area contributed by atoms with E-state index < -0.39 is 0 Å². The topological polar surface area (TPSA) is 61.9 Å². The van der Waals surface area contributed by atoms with Crippen LogP contribution in [0.25, 0.3) is 0 Å². The number of benzene rings is 1. The van der Waals surface area contributed by atoms with Crippen LogP contribution in [0.1, 0.15) is 49.7 Å². The van der Waals surface area contributed by atoms with Gasteiger partial charge in [0.05, 0.1) is 7.11 Å². The fourth-order valence-corrected chi connectivity index (χ4v) is 4.93. The summed E-state index contributed by atoms with van der Waals surface area (Å²) in [6.45, 7) is 3.53. The zero-order valence-electron chi connectivity index (χ0n) is 16.8. The number of nitrogens with zero attached hydrogens (tertiary/aromatic N) is 2. The Morgan fingerprint density at radius 1 is 1.18 bits per heavy atom. The molecule has 1 N–H and O–H groups in total. The van der Waals surface area contributed by atoms with E-state index in [1.807, 2.05) is 4.90 Å². The van der Waals surface area contributed by atoms with Gasteiger partial charge in [0.25, 0.3) is 0 Å². The van der Waals surface area contributed by atoms with Crippen molar-refractivity contribution in [2.45, 2.75) is 57.5 Å². The molecular formula is C22H31N3O3. The van der Waals surface area contributed by atoms with Crippen molar-refractivity contribution < 1.29 is 14.3 Å². The molecule has 2 aliphatic heterocycles. The first-order valence-electron chi connectivity index (χ1n) is 10.6. The van der Waals surface area contributed by atoms with Crippen LogP contribution in [0.4, 0.5) is 10.5 Å². The van der Waals surface area contributed by atoms with E-state index in [1.54, 1.807) is 0 Å². The molecule has 0 radical (unpaired) electrons. The molecule has 1 aromatic carbocycles. The van der Waals surface area contributed by atoms with E-state index >= 15 is 0 Å². The summed E-state index contributed by atoms with van der Waals surface area (Å²) >= 11 is 0. The fourth-order valence-electron chi connectivity index (χ4n) is 4.93. The first kappa shape index (κ1) is 19.2. The molecule has 0 unspecified atom stereocenters. The molecule has 3 aliphatic rings. The van der Waals surface area contributed by atoms with Gasteiger partial charge in [-0.1, -0.05) is 6.07 Å². The lowest BCUT2D eigenvalue weighted by Gasteiger charge is -2.34. The Kier molecular flexibility index (Phi) is 5.85. The molecule has 1 saturated carbocycles. The van der Waals surface area contributed by atoms with E-state index in [-0.39, 0.29) is 12.0 Å². The third-order valence-corrected chi connectivity index (χ3v) is 6.67. The zero-order chi connectivity index (χ0) is 19.5. The van der Waals surface area contributed by atoms with Gasteiger partial charge in [0, 0.05) is 37.8 Å². The molecule has 4 rings (SSSR count). The lowest BCUT2D eigenvalue weighted by Crippen LogP contribution is -2.41. The van der Waals surface area contributed by atoms with E-state index in [0.717, 1.165) is 70.4 Å². The third kappa shape index (κ3) is 4.02. The average molecular weight is 386 g/mol. The number of rotatable bonds is 5. The highest BCUT2D eigenvalue weighted by atomic mass is 16.5. The van der Waals surface area contributed by atoms with Crippen LogP contribution in [0.3, 0.4) is 0 Å². The van der Waals surface area contributed by atoms with Crippen LogP contribution in [0, 0.1) is 5.92 Å². The molecule has 0 atom stereocenters. The molecule has 6 heteroatoms. The molecule has 2 heterocycles. The fraction of sp³-hybridized carbons (Fsp3) is 0.636. The Bertz CT molecular complexity index is 728. The molecule has 6 nitrogen and oxygen atoms in total. The van der Waals surface area contributed by atoms with E-state index in [1.165, 1.54) is 18.2 Å². The lowest BCUT2D eigenvalue weighted by molar-refractivity contribution is -0.141. The van der Waals surface area contributed by atoms with Gasteiger partial charge < -0.3 is 15.0 Å². The van der Waals surface area contributed by atoms with Gasteiger partial charge in [-0.25, -0.2) is 4.79 Å². The summed E-state index contributed by atoms with van der Waals surface area (Å²) < 4.78 is 4.75. The maximum atomic E-state index is 13.1. The second-order valence-corrected chi connectivity index (χ2v) is 8.30. The van der Waals surface area contributed by atoms with Crippen molar-refractivity contribution in [3.8, 4) is 0 Å². The number of fused-ring (bicyclic) bond motifs is 1. The van der Waals surface area contributed by atoms with Gasteiger partial charge >= 0.3 is 12.0 Å². The van der Waals surface area contributed by atoms with Crippen LogP contribution in [-0.2, 0) is 22.5 Å². The Morgan fingerprint density at radius 2 is 2.00 bits per heavy atom. The van der Waals surface area contributed by atoms with Gasteiger partial charge in [-0.2, -0.15) is 0 Å². The molecule has 0 aromatic heterocycles. The highest BCUT2D eigenvalue weighted by molar-refractivity contribution is 5.94. The van der Waals surface area contributed by atoms with Crippen LogP contribution < -0.4 is 10.2 Å². The van der Waals surface area contributed by atoms with Crippen LogP contribution in [0.15, 0.2) is 18.2 Å². The molecule has 28 heavy (non-hydrogen) atoms.